The van der Waals surface area contributed by atoms with Crippen LogP contribution in [0.25, 0.3) is 10.9 Å². The van der Waals surface area contributed by atoms with Crippen molar-refractivity contribution in [1.29, 1.82) is 0 Å². The van der Waals surface area contributed by atoms with E-state index >= 15 is 0 Å². The molecule has 2 aromatic rings. The van der Waals surface area contributed by atoms with E-state index in [1.54, 1.807) is 17.8 Å². The van der Waals surface area contributed by atoms with E-state index in [0.717, 1.165) is 38.7 Å². The first kappa shape index (κ1) is 19.7. The minimum atomic E-state index is -0.621. The van der Waals surface area contributed by atoms with Crippen LogP contribution in [0.2, 0.25) is 0 Å². The number of benzene rings is 1. The van der Waals surface area contributed by atoms with Gasteiger partial charge in [-0.25, -0.2) is 9.37 Å². The Bertz CT molecular complexity index is 876. The molecule has 0 amide bonds. The van der Waals surface area contributed by atoms with Gasteiger partial charge in [-0.15, -0.1) is 0 Å². The van der Waals surface area contributed by atoms with E-state index in [9.17, 15) is 14.3 Å². The summed E-state index contributed by atoms with van der Waals surface area (Å²) < 4.78 is 25.5. The molecule has 1 saturated heterocycles. The van der Waals surface area contributed by atoms with Crippen LogP contribution in [-0.4, -0.2) is 46.2 Å². The van der Waals surface area contributed by atoms with Crippen molar-refractivity contribution < 1.29 is 19.0 Å². The Kier molecular flexibility index (Phi) is 6.18. The summed E-state index contributed by atoms with van der Waals surface area (Å²) in [7, 11) is 0. The normalized spacial score (nSPS) is 25.3. The summed E-state index contributed by atoms with van der Waals surface area (Å²) >= 11 is 1.72. The third-order valence-electron chi connectivity index (χ3n) is 5.39. The molecule has 1 saturated carbocycles. The molecule has 0 bridgehead atoms. The molecule has 28 heavy (non-hydrogen) atoms. The summed E-state index contributed by atoms with van der Waals surface area (Å²) in [5, 5.41) is 10.0. The Hall–Kier alpha value is -1.64. The van der Waals surface area contributed by atoms with Crippen molar-refractivity contribution >= 4 is 22.7 Å². The third kappa shape index (κ3) is 4.67. The maximum atomic E-state index is 14.5. The van der Waals surface area contributed by atoms with Crippen molar-refractivity contribution in [3.8, 4) is 5.75 Å². The Morgan fingerprint density at radius 3 is 2.86 bits per heavy atom. The minimum absolute atomic E-state index is 0.0360. The SMILES string of the molecule is O=c1[nH]c(CS[C@H]2CC[C@H](O)CC2)nc2cc(OC[C@@H]3CCOC3)cc(F)c12. The zero-order chi connectivity index (χ0) is 19.5. The van der Waals surface area contributed by atoms with Crippen LogP contribution >= 0.6 is 11.8 Å². The minimum Gasteiger partial charge on any atom is -0.493 e. The molecule has 8 heteroatoms. The van der Waals surface area contributed by atoms with Crippen LogP contribution in [0.1, 0.15) is 37.9 Å². The third-order valence-corrected chi connectivity index (χ3v) is 6.78. The first-order chi connectivity index (χ1) is 13.6. The lowest BCUT2D eigenvalue weighted by molar-refractivity contribution is 0.132. The Morgan fingerprint density at radius 1 is 1.29 bits per heavy atom. The second-order valence-electron chi connectivity index (χ2n) is 7.59. The van der Waals surface area contributed by atoms with Crippen LogP contribution < -0.4 is 10.3 Å². The quantitative estimate of drug-likeness (QED) is 0.764. The predicted octanol–water partition coefficient (Wildman–Crippen LogP) is 3.01. The zero-order valence-corrected chi connectivity index (χ0v) is 16.5. The molecule has 0 radical (unpaired) electrons. The summed E-state index contributed by atoms with van der Waals surface area (Å²) in [4.78, 5) is 19.5. The molecule has 0 spiro atoms. The molecule has 1 atom stereocenters. The number of aromatic nitrogens is 2. The second-order valence-corrected chi connectivity index (χ2v) is 8.88. The predicted molar refractivity (Wildman–Crippen MR) is 106 cm³/mol. The molecule has 0 unspecified atom stereocenters. The van der Waals surface area contributed by atoms with Crippen LogP contribution in [0.3, 0.4) is 0 Å². The van der Waals surface area contributed by atoms with Gasteiger partial charge in [-0.05, 0) is 32.1 Å². The van der Waals surface area contributed by atoms with E-state index in [1.807, 2.05) is 0 Å². The number of nitrogens with zero attached hydrogens (tertiary/aromatic N) is 1. The number of aliphatic hydroxyl groups excluding tert-OH is 1. The van der Waals surface area contributed by atoms with E-state index in [4.69, 9.17) is 9.47 Å². The van der Waals surface area contributed by atoms with Gasteiger partial charge in [0, 0.05) is 29.9 Å². The van der Waals surface area contributed by atoms with Crippen LogP contribution in [0.4, 0.5) is 4.39 Å². The number of aromatic amines is 1. The molecular formula is C20H25FN2O4S. The summed E-state index contributed by atoms with van der Waals surface area (Å²) in [6.45, 7) is 1.86. The number of halogens is 1. The van der Waals surface area contributed by atoms with Gasteiger partial charge in [0.15, 0.2) is 0 Å². The van der Waals surface area contributed by atoms with E-state index in [-0.39, 0.29) is 11.5 Å². The molecule has 1 aliphatic heterocycles. The highest BCUT2D eigenvalue weighted by molar-refractivity contribution is 7.99. The van der Waals surface area contributed by atoms with Crippen LogP contribution in [-0.2, 0) is 10.5 Å². The molecular weight excluding hydrogens is 383 g/mol. The number of ether oxygens (including phenoxy) is 2. The topological polar surface area (TPSA) is 84.4 Å². The molecule has 1 aliphatic carbocycles. The highest BCUT2D eigenvalue weighted by Gasteiger charge is 2.21. The number of nitrogens with one attached hydrogen (secondary N) is 1. The zero-order valence-electron chi connectivity index (χ0n) is 15.7. The summed E-state index contributed by atoms with van der Waals surface area (Å²) in [5.41, 5.74) is -0.149. The number of hydrogen-bond donors (Lipinski definition) is 2. The van der Waals surface area contributed by atoms with Crippen molar-refractivity contribution in [3.63, 3.8) is 0 Å². The van der Waals surface area contributed by atoms with Gasteiger partial charge in [0.25, 0.3) is 5.56 Å². The van der Waals surface area contributed by atoms with Crippen LogP contribution in [0.15, 0.2) is 16.9 Å². The number of hydrogen-bond acceptors (Lipinski definition) is 6. The lowest BCUT2D eigenvalue weighted by Crippen LogP contribution is -2.20. The molecule has 2 N–H and O–H groups in total. The van der Waals surface area contributed by atoms with Gasteiger partial charge in [0.2, 0.25) is 0 Å². The highest BCUT2D eigenvalue weighted by Crippen LogP contribution is 2.30. The van der Waals surface area contributed by atoms with E-state index in [1.165, 1.54) is 6.07 Å². The summed E-state index contributed by atoms with van der Waals surface area (Å²) in [6.07, 6.45) is 4.30. The van der Waals surface area contributed by atoms with E-state index in [0.29, 0.717) is 47.2 Å². The smallest absolute Gasteiger partial charge is 0.261 e. The first-order valence-corrected chi connectivity index (χ1v) is 10.9. The maximum absolute atomic E-state index is 14.5. The van der Waals surface area contributed by atoms with Gasteiger partial charge in [0.1, 0.15) is 22.8 Å². The van der Waals surface area contributed by atoms with Gasteiger partial charge in [-0.1, -0.05) is 0 Å². The van der Waals surface area contributed by atoms with Crippen molar-refractivity contribution in [2.24, 2.45) is 5.92 Å². The summed E-state index contributed by atoms with van der Waals surface area (Å²) in [5.74, 6) is 1.17. The van der Waals surface area contributed by atoms with Crippen LogP contribution in [0.5, 0.6) is 5.75 Å². The molecule has 1 aromatic carbocycles. The second kappa shape index (κ2) is 8.80. The van der Waals surface area contributed by atoms with Crippen molar-refractivity contribution in [3.05, 3.63) is 34.1 Å². The number of thioether (sulfide) groups is 1. The fraction of sp³-hybridized carbons (Fsp3) is 0.600. The molecule has 1 aromatic heterocycles. The van der Waals surface area contributed by atoms with Crippen molar-refractivity contribution in [2.75, 3.05) is 19.8 Å². The molecule has 2 heterocycles. The largest absolute Gasteiger partial charge is 0.493 e. The Labute approximate surface area is 166 Å². The number of aliphatic hydroxyl groups is 1. The monoisotopic (exact) mass is 408 g/mol. The standard InChI is InChI=1S/C20H25FN2O4S/c21-16-7-14(27-10-12-5-6-26-9-12)8-17-19(16)20(25)23-18(22-17)11-28-15-3-1-13(24)2-4-15/h7-8,12-13,15,24H,1-6,9-11H2,(H,22,23,25)/t12-,13-,15-/m1/s1. The fourth-order valence-electron chi connectivity index (χ4n) is 3.74. The van der Waals surface area contributed by atoms with E-state index in [2.05, 4.69) is 9.97 Å². The lowest BCUT2D eigenvalue weighted by atomic mass is 9.97. The average molecular weight is 408 g/mol. The van der Waals surface area contributed by atoms with Crippen LogP contribution in [0, 0.1) is 11.7 Å². The Balaban J connectivity index is 1.48. The van der Waals surface area contributed by atoms with Crippen molar-refractivity contribution in [1.82, 2.24) is 9.97 Å². The van der Waals surface area contributed by atoms with E-state index < -0.39 is 11.4 Å². The molecule has 2 fully saturated rings. The summed E-state index contributed by atoms with van der Waals surface area (Å²) in [6, 6.07) is 2.88. The lowest BCUT2D eigenvalue weighted by Gasteiger charge is -2.24. The van der Waals surface area contributed by atoms with Crippen molar-refractivity contribution in [2.45, 2.75) is 49.2 Å². The van der Waals surface area contributed by atoms with Gasteiger partial charge >= 0.3 is 0 Å². The molecule has 4 rings (SSSR count). The molecule has 152 valence electrons. The fourth-order valence-corrected chi connectivity index (χ4v) is 4.87. The first-order valence-electron chi connectivity index (χ1n) is 9.81. The Morgan fingerprint density at radius 2 is 2.11 bits per heavy atom. The average Bonchev–Trinajstić information content (AvgIpc) is 3.19. The van der Waals surface area contributed by atoms with Gasteiger partial charge in [0.05, 0.1) is 30.6 Å². The highest BCUT2D eigenvalue weighted by atomic mass is 32.2. The number of rotatable bonds is 6. The number of H-pyrrole nitrogens is 1. The number of fused-ring (bicyclic) bond motifs is 1. The van der Waals surface area contributed by atoms with Gasteiger partial charge in [-0.3, -0.25) is 4.79 Å². The molecule has 6 nitrogen and oxygen atoms in total. The molecule has 2 aliphatic rings. The maximum Gasteiger partial charge on any atom is 0.261 e. The van der Waals surface area contributed by atoms with Gasteiger partial charge < -0.3 is 19.6 Å². The van der Waals surface area contributed by atoms with Gasteiger partial charge in [-0.2, -0.15) is 11.8 Å².